The molecule has 0 unspecified atom stereocenters. The fourth-order valence-electron chi connectivity index (χ4n) is 1.98. The van der Waals surface area contributed by atoms with Crippen LogP contribution >= 0.6 is 11.6 Å². The summed E-state index contributed by atoms with van der Waals surface area (Å²) in [5.41, 5.74) is 2.81. The van der Waals surface area contributed by atoms with Gasteiger partial charge in [0.25, 0.3) is 0 Å². The SMILES string of the molecule is Fc1ccc(-c2ccccc2-n2cc(Cl)cn2)cc1. The molecule has 19 heavy (non-hydrogen) atoms. The molecule has 0 aliphatic carbocycles. The predicted octanol–water partition coefficient (Wildman–Crippen LogP) is 4.33. The van der Waals surface area contributed by atoms with E-state index in [1.165, 1.54) is 12.1 Å². The van der Waals surface area contributed by atoms with Crippen molar-refractivity contribution in [2.45, 2.75) is 0 Å². The van der Waals surface area contributed by atoms with E-state index in [1.807, 2.05) is 24.3 Å². The van der Waals surface area contributed by atoms with Crippen LogP contribution < -0.4 is 0 Å². The van der Waals surface area contributed by atoms with Crippen LogP contribution in [-0.2, 0) is 0 Å². The van der Waals surface area contributed by atoms with Crippen LogP contribution in [0.4, 0.5) is 4.39 Å². The number of para-hydroxylation sites is 1. The molecule has 0 N–H and O–H groups in total. The maximum absolute atomic E-state index is 13.0. The van der Waals surface area contributed by atoms with Crippen molar-refractivity contribution in [2.75, 3.05) is 0 Å². The van der Waals surface area contributed by atoms with Gasteiger partial charge in [-0.25, -0.2) is 9.07 Å². The zero-order chi connectivity index (χ0) is 13.2. The molecule has 0 bridgehead atoms. The normalized spacial score (nSPS) is 10.6. The van der Waals surface area contributed by atoms with E-state index in [9.17, 15) is 4.39 Å². The predicted molar refractivity (Wildman–Crippen MR) is 74.0 cm³/mol. The summed E-state index contributed by atoms with van der Waals surface area (Å²) < 4.78 is 14.7. The van der Waals surface area contributed by atoms with Crippen molar-refractivity contribution >= 4 is 11.6 Å². The third-order valence-electron chi connectivity index (χ3n) is 2.86. The highest BCUT2D eigenvalue weighted by molar-refractivity contribution is 6.30. The smallest absolute Gasteiger partial charge is 0.123 e. The first-order valence-electron chi connectivity index (χ1n) is 5.79. The van der Waals surface area contributed by atoms with Crippen LogP contribution in [0.3, 0.4) is 0 Å². The first-order chi connectivity index (χ1) is 9.24. The number of rotatable bonds is 2. The molecule has 0 saturated carbocycles. The highest BCUT2D eigenvalue weighted by Crippen LogP contribution is 2.27. The largest absolute Gasteiger partial charge is 0.239 e. The van der Waals surface area contributed by atoms with Crippen molar-refractivity contribution in [3.63, 3.8) is 0 Å². The highest BCUT2D eigenvalue weighted by Gasteiger charge is 2.07. The molecule has 0 spiro atoms. The molecule has 4 heteroatoms. The molecule has 1 heterocycles. The maximum atomic E-state index is 13.0. The second-order valence-electron chi connectivity index (χ2n) is 4.13. The lowest BCUT2D eigenvalue weighted by Crippen LogP contribution is -1.97. The number of halogens is 2. The second kappa shape index (κ2) is 4.86. The number of nitrogens with zero attached hydrogens (tertiary/aromatic N) is 2. The van der Waals surface area contributed by atoms with Crippen LogP contribution in [0.25, 0.3) is 16.8 Å². The van der Waals surface area contributed by atoms with E-state index in [1.54, 1.807) is 29.2 Å². The molecule has 0 amide bonds. The van der Waals surface area contributed by atoms with Crippen LogP contribution in [0.15, 0.2) is 60.9 Å². The summed E-state index contributed by atoms with van der Waals surface area (Å²) in [4.78, 5) is 0. The lowest BCUT2D eigenvalue weighted by molar-refractivity contribution is 0.628. The number of hydrogen-bond donors (Lipinski definition) is 0. The third-order valence-corrected chi connectivity index (χ3v) is 3.05. The zero-order valence-corrected chi connectivity index (χ0v) is 10.7. The molecule has 0 aliphatic rings. The van der Waals surface area contributed by atoms with Gasteiger partial charge in [-0.2, -0.15) is 5.10 Å². The summed E-state index contributed by atoms with van der Waals surface area (Å²) >= 11 is 5.90. The number of hydrogen-bond acceptors (Lipinski definition) is 1. The van der Waals surface area contributed by atoms with Crippen molar-refractivity contribution < 1.29 is 4.39 Å². The average Bonchev–Trinajstić information content (AvgIpc) is 2.86. The highest BCUT2D eigenvalue weighted by atomic mass is 35.5. The van der Waals surface area contributed by atoms with Gasteiger partial charge in [0.1, 0.15) is 5.82 Å². The van der Waals surface area contributed by atoms with Crippen molar-refractivity contribution in [1.29, 1.82) is 0 Å². The van der Waals surface area contributed by atoms with Gasteiger partial charge in [0.15, 0.2) is 0 Å². The molecule has 3 rings (SSSR count). The lowest BCUT2D eigenvalue weighted by Gasteiger charge is -2.09. The zero-order valence-electron chi connectivity index (χ0n) is 9.92. The Labute approximate surface area is 115 Å². The molecule has 0 atom stereocenters. The Kier molecular flexibility index (Phi) is 3.05. The first kappa shape index (κ1) is 11.9. The molecule has 94 valence electrons. The minimum absolute atomic E-state index is 0.247. The Hall–Kier alpha value is -2.13. The van der Waals surface area contributed by atoms with Gasteiger partial charge >= 0.3 is 0 Å². The quantitative estimate of drug-likeness (QED) is 0.679. The van der Waals surface area contributed by atoms with Gasteiger partial charge in [-0.15, -0.1) is 0 Å². The number of aromatic nitrogens is 2. The van der Waals surface area contributed by atoms with Crippen molar-refractivity contribution in [3.05, 3.63) is 71.8 Å². The average molecular weight is 273 g/mol. The van der Waals surface area contributed by atoms with Crippen molar-refractivity contribution in [1.82, 2.24) is 9.78 Å². The van der Waals surface area contributed by atoms with Crippen molar-refractivity contribution in [3.8, 4) is 16.8 Å². The summed E-state index contributed by atoms with van der Waals surface area (Å²) in [7, 11) is 0. The summed E-state index contributed by atoms with van der Waals surface area (Å²) in [5, 5.41) is 4.78. The Balaban J connectivity index is 2.14. The minimum atomic E-state index is -0.247. The van der Waals surface area contributed by atoms with E-state index < -0.39 is 0 Å². The van der Waals surface area contributed by atoms with Gasteiger partial charge in [0, 0.05) is 11.8 Å². The summed E-state index contributed by atoms with van der Waals surface area (Å²) in [6.07, 6.45) is 3.33. The van der Waals surface area contributed by atoms with Crippen molar-refractivity contribution in [2.24, 2.45) is 0 Å². The summed E-state index contributed by atoms with van der Waals surface area (Å²) in [6, 6.07) is 14.2. The first-order valence-corrected chi connectivity index (χ1v) is 6.17. The molecule has 0 radical (unpaired) electrons. The van der Waals surface area contributed by atoms with E-state index in [0.717, 1.165) is 16.8 Å². The molecule has 2 aromatic carbocycles. The molecule has 0 saturated heterocycles. The Bertz CT molecular complexity index is 704. The molecular weight excluding hydrogens is 263 g/mol. The van der Waals surface area contributed by atoms with Gasteiger partial charge in [-0.05, 0) is 23.8 Å². The topological polar surface area (TPSA) is 17.8 Å². The van der Waals surface area contributed by atoms with E-state index in [-0.39, 0.29) is 5.82 Å². The second-order valence-corrected chi connectivity index (χ2v) is 4.56. The van der Waals surface area contributed by atoms with Gasteiger partial charge in [0.2, 0.25) is 0 Å². The molecule has 0 fully saturated rings. The molecule has 0 aliphatic heterocycles. The van der Waals surface area contributed by atoms with Crippen LogP contribution in [0, 0.1) is 5.82 Å². The van der Waals surface area contributed by atoms with Crippen LogP contribution in [-0.4, -0.2) is 9.78 Å². The van der Waals surface area contributed by atoms with Crippen LogP contribution in [0.2, 0.25) is 5.02 Å². The molecular formula is C15H10ClFN2. The summed E-state index contributed by atoms with van der Waals surface area (Å²) in [5.74, 6) is -0.247. The standard InChI is InChI=1S/C15H10ClFN2/c16-12-9-18-19(10-12)15-4-2-1-3-14(15)11-5-7-13(17)8-6-11/h1-10H. The molecule has 1 aromatic heterocycles. The third kappa shape index (κ3) is 2.37. The number of benzene rings is 2. The van der Waals surface area contributed by atoms with Gasteiger partial charge in [0.05, 0.1) is 16.9 Å². The van der Waals surface area contributed by atoms with Crippen LogP contribution in [0.5, 0.6) is 0 Å². The minimum Gasteiger partial charge on any atom is -0.239 e. The summed E-state index contributed by atoms with van der Waals surface area (Å²) in [6.45, 7) is 0. The van der Waals surface area contributed by atoms with E-state index in [2.05, 4.69) is 5.10 Å². The maximum Gasteiger partial charge on any atom is 0.123 e. The van der Waals surface area contributed by atoms with Gasteiger partial charge in [-0.3, -0.25) is 0 Å². The fraction of sp³-hybridized carbons (Fsp3) is 0. The Morgan fingerprint density at radius 3 is 2.42 bits per heavy atom. The van der Waals surface area contributed by atoms with Crippen LogP contribution in [0.1, 0.15) is 0 Å². The van der Waals surface area contributed by atoms with E-state index in [0.29, 0.717) is 5.02 Å². The van der Waals surface area contributed by atoms with E-state index >= 15 is 0 Å². The molecule has 2 nitrogen and oxygen atoms in total. The van der Waals surface area contributed by atoms with Gasteiger partial charge in [-0.1, -0.05) is 41.9 Å². The monoisotopic (exact) mass is 272 g/mol. The van der Waals surface area contributed by atoms with Gasteiger partial charge < -0.3 is 0 Å². The van der Waals surface area contributed by atoms with E-state index in [4.69, 9.17) is 11.6 Å². The molecule has 3 aromatic rings. The fourth-order valence-corrected chi connectivity index (χ4v) is 2.12. The Morgan fingerprint density at radius 1 is 1.00 bits per heavy atom. The Morgan fingerprint density at radius 2 is 1.74 bits per heavy atom. The lowest BCUT2D eigenvalue weighted by atomic mass is 10.0.